The number of carbonyl (C=O) groups is 2. The first-order valence-electron chi connectivity index (χ1n) is 6.70. The fourth-order valence-electron chi connectivity index (χ4n) is 1.56. The van der Waals surface area contributed by atoms with Crippen molar-refractivity contribution >= 4 is 47.3 Å². The molecule has 0 saturated heterocycles. The molecule has 0 aliphatic rings. The molecule has 0 spiro atoms. The molecule has 0 atom stereocenters. The second-order valence-electron chi connectivity index (χ2n) is 4.45. The average Bonchev–Trinajstić information content (AvgIpc) is 2.52. The van der Waals surface area contributed by atoms with Crippen molar-refractivity contribution in [3.05, 3.63) is 81.9 Å². The number of rotatable bonds is 4. The van der Waals surface area contributed by atoms with Crippen LogP contribution in [-0.4, -0.2) is 22.2 Å². The van der Waals surface area contributed by atoms with Crippen LogP contribution in [0.1, 0.15) is 11.1 Å². The van der Waals surface area contributed by atoms with Crippen LogP contribution >= 0.6 is 23.2 Å². The Labute approximate surface area is 168 Å². The van der Waals surface area contributed by atoms with Crippen molar-refractivity contribution in [2.24, 2.45) is 0 Å². The number of hydrogen-bond acceptors (Lipinski definition) is 2. The zero-order valence-corrected chi connectivity index (χ0v) is 15.9. The number of aliphatic carboxylic acids is 2. The Hall–Kier alpha value is -1.94. The Bertz CT molecular complexity index is 708. The average molecular weight is 468 g/mol. The van der Waals surface area contributed by atoms with Gasteiger partial charge in [-0.25, -0.2) is 9.59 Å². The van der Waals surface area contributed by atoms with Crippen LogP contribution < -0.4 is 0 Å². The van der Waals surface area contributed by atoms with E-state index in [2.05, 4.69) is 0 Å². The zero-order chi connectivity index (χ0) is 17.9. The summed E-state index contributed by atoms with van der Waals surface area (Å²) in [6.07, 6.45) is 5.14. The van der Waals surface area contributed by atoms with Gasteiger partial charge in [-0.3, -0.25) is 0 Å². The molecule has 1 radical (unpaired) electrons. The Morgan fingerprint density at radius 2 is 1.12 bits per heavy atom. The summed E-state index contributed by atoms with van der Waals surface area (Å²) >= 11 is 11.4. The first kappa shape index (κ1) is 23.1. The topological polar surface area (TPSA) is 74.6 Å². The first-order chi connectivity index (χ1) is 11.4. The second-order valence-corrected chi connectivity index (χ2v) is 5.33. The number of hydrogen-bond donors (Lipinski definition) is 2. The molecule has 133 valence electrons. The fraction of sp³-hybridized carbons (Fsp3) is 0. The van der Waals surface area contributed by atoms with E-state index in [-0.39, 0.29) is 19.5 Å². The van der Waals surface area contributed by atoms with Gasteiger partial charge in [0.2, 0.25) is 0 Å². The van der Waals surface area contributed by atoms with Crippen molar-refractivity contribution < 1.29 is 39.3 Å². The molecule has 7 heteroatoms. The van der Waals surface area contributed by atoms with Gasteiger partial charge in [0.15, 0.2) is 0 Å². The van der Waals surface area contributed by atoms with E-state index < -0.39 is 11.9 Å². The van der Waals surface area contributed by atoms with Crippen molar-refractivity contribution in [2.75, 3.05) is 0 Å². The van der Waals surface area contributed by atoms with Gasteiger partial charge in [0.25, 0.3) is 0 Å². The summed E-state index contributed by atoms with van der Waals surface area (Å²) in [4.78, 5) is 20.3. The first-order valence-corrected chi connectivity index (χ1v) is 7.45. The SMILES string of the molecule is O=C(O)C=Cc1cccc(Cl)c1.O=C(O)C=Cc1cccc(Cl)c1.[Rh]. The molecule has 0 heterocycles. The number of carboxylic acid groups (broad SMARTS) is 2. The van der Waals surface area contributed by atoms with Crippen LogP contribution in [0.15, 0.2) is 60.7 Å². The van der Waals surface area contributed by atoms with Crippen LogP contribution in [-0.2, 0) is 29.1 Å². The zero-order valence-electron chi connectivity index (χ0n) is 12.7. The van der Waals surface area contributed by atoms with E-state index in [9.17, 15) is 9.59 Å². The van der Waals surface area contributed by atoms with Crippen molar-refractivity contribution in [1.82, 2.24) is 0 Å². The van der Waals surface area contributed by atoms with Crippen LogP contribution in [0.3, 0.4) is 0 Å². The molecule has 0 aliphatic carbocycles. The van der Waals surface area contributed by atoms with E-state index in [4.69, 9.17) is 33.4 Å². The molecular weight excluding hydrogens is 454 g/mol. The molecule has 4 nitrogen and oxygen atoms in total. The number of carboxylic acids is 2. The van der Waals surface area contributed by atoms with Gasteiger partial charge in [-0.1, -0.05) is 47.5 Å². The summed E-state index contributed by atoms with van der Waals surface area (Å²) in [6.45, 7) is 0. The predicted molar refractivity (Wildman–Crippen MR) is 96.2 cm³/mol. The van der Waals surface area contributed by atoms with Gasteiger partial charge in [0.1, 0.15) is 0 Å². The van der Waals surface area contributed by atoms with E-state index in [1.54, 1.807) is 48.5 Å². The minimum Gasteiger partial charge on any atom is -0.478 e. The van der Waals surface area contributed by atoms with Gasteiger partial charge in [0.05, 0.1) is 0 Å². The van der Waals surface area contributed by atoms with E-state index >= 15 is 0 Å². The van der Waals surface area contributed by atoms with Gasteiger partial charge < -0.3 is 10.2 Å². The van der Waals surface area contributed by atoms with Gasteiger partial charge in [0, 0.05) is 41.7 Å². The van der Waals surface area contributed by atoms with Crippen LogP contribution in [0.5, 0.6) is 0 Å². The molecule has 2 aromatic rings. The van der Waals surface area contributed by atoms with Gasteiger partial charge in [-0.05, 0) is 47.5 Å². The van der Waals surface area contributed by atoms with E-state index in [1.165, 1.54) is 12.2 Å². The maximum Gasteiger partial charge on any atom is 0.328 e. The summed E-state index contributed by atoms with van der Waals surface area (Å²) in [5.41, 5.74) is 1.56. The van der Waals surface area contributed by atoms with Crippen molar-refractivity contribution in [3.63, 3.8) is 0 Å². The minimum absolute atomic E-state index is 0. The van der Waals surface area contributed by atoms with Gasteiger partial charge >= 0.3 is 11.9 Å². The van der Waals surface area contributed by atoms with Crippen molar-refractivity contribution in [2.45, 2.75) is 0 Å². The molecule has 0 saturated carbocycles. The number of halogens is 2. The third-order valence-corrected chi connectivity index (χ3v) is 3.00. The third-order valence-electron chi connectivity index (χ3n) is 2.53. The van der Waals surface area contributed by atoms with Crippen molar-refractivity contribution in [3.8, 4) is 0 Å². The van der Waals surface area contributed by atoms with Crippen LogP contribution in [0.2, 0.25) is 10.0 Å². The predicted octanol–water partition coefficient (Wildman–Crippen LogP) is 4.87. The Balaban J connectivity index is 0.000000443. The molecule has 2 aromatic carbocycles. The molecule has 2 rings (SSSR count). The maximum atomic E-state index is 10.1. The van der Waals surface area contributed by atoms with Gasteiger partial charge in [-0.2, -0.15) is 0 Å². The van der Waals surface area contributed by atoms with E-state index in [1.807, 2.05) is 0 Å². The van der Waals surface area contributed by atoms with Crippen molar-refractivity contribution in [1.29, 1.82) is 0 Å². The molecule has 0 aliphatic heterocycles. The Morgan fingerprint density at radius 3 is 1.40 bits per heavy atom. The van der Waals surface area contributed by atoms with Gasteiger partial charge in [-0.15, -0.1) is 0 Å². The molecule has 0 bridgehead atoms. The molecule has 25 heavy (non-hydrogen) atoms. The third kappa shape index (κ3) is 11.3. The summed E-state index contributed by atoms with van der Waals surface area (Å²) in [5.74, 6) is -1.93. The molecule has 0 fully saturated rings. The van der Waals surface area contributed by atoms with Crippen LogP contribution in [0.25, 0.3) is 12.2 Å². The molecule has 2 N–H and O–H groups in total. The van der Waals surface area contributed by atoms with Crippen LogP contribution in [0.4, 0.5) is 0 Å². The smallest absolute Gasteiger partial charge is 0.328 e. The Kier molecular flexibility index (Phi) is 11.5. The maximum absolute atomic E-state index is 10.1. The molecule has 0 amide bonds. The monoisotopic (exact) mass is 467 g/mol. The fourth-order valence-corrected chi connectivity index (χ4v) is 1.95. The molecule has 0 aromatic heterocycles. The summed E-state index contributed by atoms with van der Waals surface area (Å²) in [6, 6.07) is 14.0. The molecular formula is C18H14Cl2O4Rh. The summed E-state index contributed by atoms with van der Waals surface area (Å²) in [7, 11) is 0. The summed E-state index contributed by atoms with van der Waals surface area (Å²) in [5, 5.41) is 17.8. The normalized spacial score (nSPS) is 10.0. The number of benzene rings is 2. The largest absolute Gasteiger partial charge is 0.478 e. The Morgan fingerprint density at radius 1 is 0.760 bits per heavy atom. The molecule has 0 unspecified atom stereocenters. The second kappa shape index (κ2) is 12.4. The van der Waals surface area contributed by atoms with Crippen LogP contribution in [0, 0.1) is 0 Å². The standard InChI is InChI=1S/2C9H7ClO2.Rh/c2*10-8-3-1-2-7(6-8)4-5-9(11)12;/h2*1-6H,(H,11,12);. The minimum atomic E-state index is -0.963. The van der Waals surface area contributed by atoms with E-state index in [0.29, 0.717) is 10.0 Å². The van der Waals surface area contributed by atoms with E-state index in [0.717, 1.165) is 23.3 Å². The summed E-state index contributed by atoms with van der Waals surface area (Å²) < 4.78 is 0. The quantitative estimate of drug-likeness (QED) is 0.496.